The van der Waals surface area contributed by atoms with Crippen LogP contribution >= 0.6 is 0 Å². The van der Waals surface area contributed by atoms with E-state index >= 15 is 0 Å². The van der Waals surface area contributed by atoms with Crippen molar-refractivity contribution in [3.8, 4) is 5.75 Å². The lowest BCUT2D eigenvalue weighted by atomic mass is 9.94. The molecule has 0 spiro atoms. The van der Waals surface area contributed by atoms with Gasteiger partial charge in [-0.25, -0.2) is 0 Å². The Hall–Kier alpha value is -1.82. The first-order chi connectivity index (χ1) is 11.7. The molecular formula is C18H26N2O4. The number of nitrogens with one attached hydrogen (secondary N) is 1. The molecule has 1 aromatic rings. The van der Waals surface area contributed by atoms with Crippen LogP contribution in [0.15, 0.2) is 21.5 Å². The second-order valence-corrected chi connectivity index (χ2v) is 6.71. The predicted octanol–water partition coefficient (Wildman–Crippen LogP) is 2.18. The molecule has 0 bridgehead atoms. The summed E-state index contributed by atoms with van der Waals surface area (Å²) in [7, 11) is 1.39. The van der Waals surface area contributed by atoms with E-state index < -0.39 is 0 Å². The molecule has 1 saturated heterocycles. The average molecular weight is 334 g/mol. The zero-order valence-electron chi connectivity index (χ0n) is 14.3. The van der Waals surface area contributed by atoms with Gasteiger partial charge in [-0.2, -0.15) is 0 Å². The van der Waals surface area contributed by atoms with Crippen molar-refractivity contribution in [1.82, 2.24) is 10.2 Å². The van der Waals surface area contributed by atoms with Gasteiger partial charge in [0.2, 0.25) is 11.2 Å². The number of hydrogen-bond acceptors (Lipinski definition) is 5. The second kappa shape index (κ2) is 7.83. The molecule has 1 N–H and O–H groups in total. The Balaban J connectivity index is 1.57. The maximum absolute atomic E-state index is 12.2. The lowest BCUT2D eigenvalue weighted by Crippen LogP contribution is -2.45. The summed E-state index contributed by atoms with van der Waals surface area (Å²) in [5.41, 5.74) is -0.349. The minimum Gasteiger partial charge on any atom is -0.490 e. The highest BCUT2D eigenvalue weighted by Gasteiger charge is 2.31. The van der Waals surface area contributed by atoms with Crippen LogP contribution in [0.25, 0.3) is 0 Å². The van der Waals surface area contributed by atoms with Gasteiger partial charge in [0.05, 0.1) is 7.11 Å². The first-order valence-electron chi connectivity index (χ1n) is 8.90. The quantitative estimate of drug-likeness (QED) is 0.893. The Morgan fingerprint density at radius 1 is 1.29 bits per heavy atom. The topological polar surface area (TPSA) is 71.8 Å². The van der Waals surface area contributed by atoms with Crippen LogP contribution in [0.4, 0.5) is 0 Å². The van der Waals surface area contributed by atoms with Crippen molar-refractivity contribution in [3.63, 3.8) is 0 Å². The number of methoxy groups -OCH3 is 1. The third kappa shape index (κ3) is 3.80. The highest BCUT2D eigenvalue weighted by molar-refractivity contribution is 5.91. The lowest BCUT2D eigenvalue weighted by molar-refractivity contribution is 0.0891. The number of nitrogens with zero attached hydrogens (tertiary/aromatic N) is 1. The summed E-state index contributed by atoms with van der Waals surface area (Å²) in [6.45, 7) is 1.73. The van der Waals surface area contributed by atoms with Crippen molar-refractivity contribution in [2.24, 2.45) is 0 Å². The molecule has 6 heteroatoms. The van der Waals surface area contributed by atoms with E-state index in [2.05, 4.69) is 10.2 Å². The molecule has 1 amide bonds. The molecule has 2 aliphatic rings. The number of carbonyl (C=O) groups is 1. The average Bonchev–Trinajstić information content (AvgIpc) is 3.09. The molecule has 3 rings (SSSR count). The molecule has 2 heterocycles. The Morgan fingerprint density at radius 2 is 2.08 bits per heavy atom. The summed E-state index contributed by atoms with van der Waals surface area (Å²) < 4.78 is 10.1. The van der Waals surface area contributed by atoms with Crippen LogP contribution < -0.4 is 15.5 Å². The summed E-state index contributed by atoms with van der Waals surface area (Å²) in [5.74, 6) is -0.209. The molecule has 1 saturated carbocycles. The molecule has 132 valence electrons. The number of amides is 1. The molecule has 24 heavy (non-hydrogen) atoms. The fraction of sp³-hybridized carbons (Fsp3) is 0.667. The largest absolute Gasteiger partial charge is 0.490 e. The van der Waals surface area contributed by atoms with Crippen LogP contribution in [0.1, 0.15) is 55.5 Å². The third-order valence-corrected chi connectivity index (χ3v) is 5.21. The Kier molecular flexibility index (Phi) is 5.56. The van der Waals surface area contributed by atoms with Crippen molar-refractivity contribution < 1.29 is 13.9 Å². The van der Waals surface area contributed by atoms with Gasteiger partial charge in [0.15, 0.2) is 5.76 Å². The second-order valence-electron chi connectivity index (χ2n) is 6.71. The zero-order chi connectivity index (χ0) is 16.9. The summed E-state index contributed by atoms with van der Waals surface area (Å²) in [5, 5.41) is 2.92. The van der Waals surface area contributed by atoms with Crippen molar-refractivity contribution in [2.75, 3.05) is 20.2 Å². The molecule has 1 aromatic heterocycles. The molecule has 1 aliphatic heterocycles. The number of hydrogen-bond donors (Lipinski definition) is 1. The van der Waals surface area contributed by atoms with Gasteiger partial charge in [-0.15, -0.1) is 0 Å². The van der Waals surface area contributed by atoms with E-state index in [1.165, 1.54) is 58.0 Å². The minimum atomic E-state index is -0.349. The molecular weight excluding hydrogens is 308 g/mol. The Morgan fingerprint density at radius 3 is 2.79 bits per heavy atom. The maximum atomic E-state index is 12.2. The zero-order valence-corrected chi connectivity index (χ0v) is 14.3. The van der Waals surface area contributed by atoms with Crippen LogP contribution in [0.2, 0.25) is 0 Å². The third-order valence-electron chi connectivity index (χ3n) is 5.21. The minimum absolute atomic E-state index is 0.0306. The summed E-state index contributed by atoms with van der Waals surface area (Å²) in [6, 6.07) is 2.24. The van der Waals surface area contributed by atoms with Crippen molar-refractivity contribution in [3.05, 3.63) is 28.3 Å². The van der Waals surface area contributed by atoms with Gasteiger partial charge < -0.3 is 14.5 Å². The van der Waals surface area contributed by atoms with Crippen LogP contribution in [-0.4, -0.2) is 43.1 Å². The predicted molar refractivity (Wildman–Crippen MR) is 90.5 cm³/mol. The van der Waals surface area contributed by atoms with Crippen molar-refractivity contribution >= 4 is 5.91 Å². The molecule has 0 radical (unpaired) electrons. The van der Waals surface area contributed by atoms with Crippen LogP contribution in [0.3, 0.4) is 0 Å². The van der Waals surface area contributed by atoms with Gasteiger partial charge in [0.25, 0.3) is 5.91 Å². The SMILES string of the molecule is COc1coc(C(=O)NC[C@@H]2CCCN2C2CCCCC2)cc1=O. The highest BCUT2D eigenvalue weighted by atomic mass is 16.5. The Labute approximate surface area is 142 Å². The van der Waals surface area contributed by atoms with E-state index in [0.717, 1.165) is 13.0 Å². The van der Waals surface area contributed by atoms with Crippen LogP contribution in [0, 0.1) is 0 Å². The van der Waals surface area contributed by atoms with E-state index in [4.69, 9.17) is 9.15 Å². The van der Waals surface area contributed by atoms with Gasteiger partial charge >= 0.3 is 0 Å². The van der Waals surface area contributed by atoms with Gasteiger partial charge in [0, 0.05) is 24.7 Å². The molecule has 6 nitrogen and oxygen atoms in total. The normalized spacial score (nSPS) is 22.5. The summed E-state index contributed by atoms with van der Waals surface area (Å²) in [6.07, 6.45) is 10.0. The number of carbonyl (C=O) groups excluding carboxylic acids is 1. The van der Waals surface area contributed by atoms with Crippen molar-refractivity contribution in [1.29, 1.82) is 0 Å². The summed E-state index contributed by atoms with van der Waals surface area (Å²) >= 11 is 0. The van der Waals surface area contributed by atoms with Gasteiger partial charge in [-0.1, -0.05) is 19.3 Å². The number of likely N-dealkylation sites (tertiary alicyclic amines) is 1. The maximum Gasteiger partial charge on any atom is 0.287 e. The lowest BCUT2D eigenvalue weighted by Gasteiger charge is -2.35. The van der Waals surface area contributed by atoms with Crippen molar-refractivity contribution in [2.45, 2.75) is 57.0 Å². The molecule has 1 aliphatic carbocycles. The monoisotopic (exact) mass is 334 g/mol. The van der Waals surface area contributed by atoms with Gasteiger partial charge in [-0.3, -0.25) is 14.5 Å². The Bertz CT molecular complexity index is 622. The van der Waals surface area contributed by atoms with E-state index in [-0.39, 0.29) is 22.8 Å². The van der Waals surface area contributed by atoms with E-state index in [1.807, 2.05) is 0 Å². The number of rotatable bonds is 5. The number of ether oxygens (including phenoxy) is 1. The van der Waals surface area contributed by atoms with E-state index in [0.29, 0.717) is 18.6 Å². The van der Waals surface area contributed by atoms with Crippen LogP contribution in [-0.2, 0) is 0 Å². The molecule has 2 fully saturated rings. The van der Waals surface area contributed by atoms with Crippen LogP contribution in [0.5, 0.6) is 5.75 Å². The fourth-order valence-electron chi connectivity index (χ4n) is 3.94. The smallest absolute Gasteiger partial charge is 0.287 e. The molecule has 0 aromatic carbocycles. The molecule has 0 unspecified atom stereocenters. The summed E-state index contributed by atoms with van der Waals surface area (Å²) in [4.78, 5) is 26.5. The fourth-order valence-corrected chi connectivity index (χ4v) is 3.94. The highest BCUT2D eigenvalue weighted by Crippen LogP contribution is 2.28. The first-order valence-corrected chi connectivity index (χ1v) is 8.90. The standard InChI is InChI=1S/C18H26N2O4/c1-23-17-12-24-16(10-15(17)21)18(22)19-11-14-8-5-9-20(14)13-6-3-2-4-7-13/h10,12-14H,2-9,11H2,1H3,(H,19,22)/t14-/m0/s1. The van der Waals surface area contributed by atoms with E-state index in [9.17, 15) is 9.59 Å². The van der Waals surface area contributed by atoms with Gasteiger partial charge in [0.1, 0.15) is 6.26 Å². The van der Waals surface area contributed by atoms with Gasteiger partial charge in [-0.05, 0) is 32.2 Å². The van der Waals surface area contributed by atoms with E-state index in [1.54, 1.807) is 0 Å². The molecule has 1 atom stereocenters. The first kappa shape index (κ1) is 17.0.